The first-order chi connectivity index (χ1) is 13.1. The Bertz CT molecular complexity index is 1180. The van der Waals surface area contributed by atoms with Crippen LogP contribution in [0.15, 0.2) is 41.3 Å². The fraction of sp³-hybridized carbons (Fsp3) is 0.250. The SMILES string of the molecule is Cc1ccc(C(=O)CCC(=O)Nc2nc3ccc(S(C)(=O)=O)cc3s2)cc1C. The standard InChI is InChI=1S/C20H20N2O4S2/c1-12-4-5-14(10-13(12)2)17(23)8-9-19(24)22-20-21-16-7-6-15(28(3,25)26)11-18(16)27-20/h4-7,10-11H,8-9H2,1-3H3,(H,21,22,24). The highest BCUT2D eigenvalue weighted by Crippen LogP contribution is 2.28. The molecule has 1 N–H and O–H groups in total. The summed E-state index contributed by atoms with van der Waals surface area (Å²) < 4.78 is 24.0. The first kappa shape index (κ1) is 20.2. The molecule has 0 unspecified atom stereocenters. The van der Waals surface area contributed by atoms with Crippen molar-refractivity contribution < 1.29 is 18.0 Å². The number of hydrogen-bond donors (Lipinski definition) is 1. The van der Waals surface area contributed by atoms with Gasteiger partial charge in [-0.15, -0.1) is 0 Å². The van der Waals surface area contributed by atoms with Gasteiger partial charge in [0.15, 0.2) is 20.8 Å². The van der Waals surface area contributed by atoms with E-state index in [-0.39, 0.29) is 29.4 Å². The van der Waals surface area contributed by atoms with E-state index in [9.17, 15) is 18.0 Å². The number of nitrogens with one attached hydrogen (secondary N) is 1. The van der Waals surface area contributed by atoms with Crippen LogP contribution in [-0.4, -0.2) is 31.3 Å². The molecule has 1 aromatic heterocycles. The molecule has 0 bridgehead atoms. The summed E-state index contributed by atoms with van der Waals surface area (Å²) in [4.78, 5) is 29.0. The number of hydrogen-bond acceptors (Lipinski definition) is 6. The lowest BCUT2D eigenvalue weighted by molar-refractivity contribution is -0.116. The summed E-state index contributed by atoms with van der Waals surface area (Å²) >= 11 is 1.20. The van der Waals surface area contributed by atoms with Gasteiger partial charge in [-0.05, 0) is 49.2 Å². The van der Waals surface area contributed by atoms with Gasteiger partial charge in [0, 0.05) is 24.7 Å². The monoisotopic (exact) mass is 416 g/mol. The topological polar surface area (TPSA) is 93.2 Å². The van der Waals surface area contributed by atoms with Gasteiger partial charge in [-0.3, -0.25) is 9.59 Å². The molecule has 0 aliphatic carbocycles. The number of amides is 1. The molecule has 3 rings (SSSR count). The van der Waals surface area contributed by atoms with E-state index in [1.54, 1.807) is 18.2 Å². The average Bonchev–Trinajstić information content (AvgIpc) is 3.02. The van der Waals surface area contributed by atoms with Crippen LogP contribution in [0, 0.1) is 13.8 Å². The molecule has 146 valence electrons. The van der Waals surface area contributed by atoms with Crippen molar-refractivity contribution in [1.82, 2.24) is 4.98 Å². The number of carbonyl (C=O) groups is 2. The number of thiazole rings is 1. The van der Waals surface area contributed by atoms with Crippen LogP contribution in [0.4, 0.5) is 5.13 Å². The van der Waals surface area contributed by atoms with Crippen molar-refractivity contribution in [3.63, 3.8) is 0 Å². The number of aryl methyl sites for hydroxylation is 2. The Labute approximate surface area is 167 Å². The van der Waals surface area contributed by atoms with E-state index in [2.05, 4.69) is 10.3 Å². The molecule has 0 saturated heterocycles. The van der Waals surface area contributed by atoms with Gasteiger partial charge in [0.25, 0.3) is 0 Å². The first-order valence-corrected chi connectivity index (χ1v) is 11.4. The summed E-state index contributed by atoms with van der Waals surface area (Å²) in [5.74, 6) is -0.389. The quantitative estimate of drug-likeness (QED) is 0.615. The smallest absolute Gasteiger partial charge is 0.226 e. The number of anilines is 1. The van der Waals surface area contributed by atoms with Gasteiger partial charge in [-0.1, -0.05) is 23.5 Å². The number of ketones is 1. The molecule has 0 fully saturated rings. The molecule has 6 nitrogen and oxygen atoms in total. The largest absolute Gasteiger partial charge is 0.302 e. The fourth-order valence-corrected chi connectivity index (χ4v) is 4.30. The van der Waals surface area contributed by atoms with Gasteiger partial charge in [0.1, 0.15) is 0 Å². The summed E-state index contributed by atoms with van der Waals surface area (Å²) in [6, 6.07) is 10.2. The van der Waals surface area contributed by atoms with Gasteiger partial charge in [-0.2, -0.15) is 0 Å². The molecular formula is C20H20N2O4S2. The molecule has 0 spiro atoms. The molecule has 1 heterocycles. The predicted octanol–water partition coefficient (Wildman–Crippen LogP) is 3.92. The number of benzene rings is 2. The third kappa shape index (κ3) is 4.63. The van der Waals surface area contributed by atoms with Crippen molar-refractivity contribution >= 4 is 48.2 Å². The van der Waals surface area contributed by atoms with E-state index in [0.29, 0.717) is 20.9 Å². The van der Waals surface area contributed by atoms with Crippen molar-refractivity contribution in [3.05, 3.63) is 53.1 Å². The van der Waals surface area contributed by atoms with E-state index in [4.69, 9.17) is 0 Å². The minimum absolute atomic E-state index is 0.0519. The number of fused-ring (bicyclic) bond motifs is 1. The molecule has 8 heteroatoms. The van der Waals surface area contributed by atoms with Crippen LogP contribution in [0.25, 0.3) is 10.2 Å². The molecule has 28 heavy (non-hydrogen) atoms. The number of nitrogens with zero attached hydrogens (tertiary/aromatic N) is 1. The molecule has 0 aliphatic rings. The molecule has 0 radical (unpaired) electrons. The first-order valence-electron chi connectivity index (χ1n) is 8.64. The number of sulfone groups is 1. The van der Waals surface area contributed by atoms with E-state index in [1.807, 2.05) is 26.0 Å². The predicted molar refractivity (Wildman–Crippen MR) is 111 cm³/mol. The second-order valence-corrected chi connectivity index (χ2v) is 9.74. The lowest BCUT2D eigenvalue weighted by Crippen LogP contribution is -2.13. The second-order valence-electron chi connectivity index (χ2n) is 6.69. The zero-order valence-corrected chi connectivity index (χ0v) is 17.4. The maximum absolute atomic E-state index is 12.3. The molecule has 0 saturated carbocycles. The van der Waals surface area contributed by atoms with Crippen LogP contribution < -0.4 is 5.32 Å². The second kappa shape index (κ2) is 7.81. The third-order valence-electron chi connectivity index (χ3n) is 4.44. The van der Waals surface area contributed by atoms with Gasteiger partial charge in [0.05, 0.1) is 15.1 Å². The van der Waals surface area contributed by atoms with Crippen LogP contribution in [0.3, 0.4) is 0 Å². The Kier molecular flexibility index (Phi) is 5.62. The van der Waals surface area contributed by atoms with Crippen LogP contribution in [0.5, 0.6) is 0 Å². The molecule has 2 aromatic carbocycles. The zero-order chi connectivity index (χ0) is 20.5. The molecule has 0 atom stereocenters. The summed E-state index contributed by atoms with van der Waals surface area (Å²) in [7, 11) is -3.30. The Morgan fingerprint density at radius 2 is 1.79 bits per heavy atom. The minimum atomic E-state index is -3.30. The maximum atomic E-state index is 12.3. The summed E-state index contributed by atoms with van der Waals surface area (Å²) in [5, 5.41) is 3.06. The number of carbonyl (C=O) groups excluding carboxylic acids is 2. The van der Waals surface area contributed by atoms with E-state index in [1.165, 1.54) is 17.4 Å². The lowest BCUT2D eigenvalue weighted by Gasteiger charge is -2.05. The Balaban J connectivity index is 1.64. The van der Waals surface area contributed by atoms with Gasteiger partial charge in [0.2, 0.25) is 5.91 Å². The number of aromatic nitrogens is 1. The average molecular weight is 417 g/mol. The summed E-state index contributed by atoms with van der Waals surface area (Å²) in [5.41, 5.74) is 3.37. The van der Waals surface area contributed by atoms with Gasteiger partial charge < -0.3 is 5.32 Å². The molecule has 1 amide bonds. The number of rotatable bonds is 6. The Hall–Kier alpha value is -2.58. The number of Topliss-reactive ketones (excluding diaryl/α,β-unsaturated/α-hetero) is 1. The molecule has 3 aromatic rings. The maximum Gasteiger partial charge on any atom is 0.226 e. The highest BCUT2D eigenvalue weighted by atomic mass is 32.2. The third-order valence-corrected chi connectivity index (χ3v) is 6.49. The Morgan fingerprint density at radius 1 is 1.04 bits per heavy atom. The van der Waals surface area contributed by atoms with Crippen molar-refractivity contribution in [3.8, 4) is 0 Å². The van der Waals surface area contributed by atoms with Crippen molar-refractivity contribution in [2.45, 2.75) is 31.6 Å². The summed E-state index contributed by atoms with van der Waals surface area (Å²) in [6.45, 7) is 3.93. The Morgan fingerprint density at radius 3 is 2.46 bits per heavy atom. The van der Waals surface area contributed by atoms with Crippen LogP contribution >= 0.6 is 11.3 Å². The molecule has 0 aliphatic heterocycles. The fourth-order valence-electron chi connectivity index (χ4n) is 2.66. The highest BCUT2D eigenvalue weighted by Gasteiger charge is 2.14. The van der Waals surface area contributed by atoms with Crippen LogP contribution in [0.1, 0.15) is 34.3 Å². The lowest BCUT2D eigenvalue weighted by atomic mass is 10.0. The molecular weight excluding hydrogens is 396 g/mol. The van der Waals surface area contributed by atoms with Crippen LogP contribution in [0.2, 0.25) is 0 Å². The van der Waals surface area contributed by atoms with E-state index >= 15 is 0 Å². The minimum Gasteiger partial charge on any atom is -0.302 e. The van der Waals surface area contributed by atoms with E-state index < -0.39 is 9.84 Å². The zero-order valence-electron chi connectivity index (χ0n) is 15.8. The van der Waals surface area contributed by atoms with Gasteiger partial charge in [-0.25, -0.2) is 13.4 Å². The van der Waals surface area contributed by atoms with E-state index in [0.717, 1.165) is 17.4 Å². The van der Waals surface area contributed by atoms with Crippen molar-refractivity contribution in [2.24, 2.45) is 0 Å². The van der Waals surface area contributed by atoms with Crippen molar-refractivity contribution in [1.29, 1.82) is 0 Å². The van der Waals surface area contributed by atoms with Gasteiger partial charge >= 0.3 is 0 Å². The highest BCUT2D eigenvalue weighted by molar-refractivity contribution is 7.90. The van der Waals surface area contributed by atoms with Crippen molar-refractivity contribution in [2.75, 3.05) is 11.6 Å². The van der Waals surface area contributed by atoms with Crippen LogP contribution in [-0.2, 0) is 14.6 Å². The summed E-state index contributed by atoms with van der Waals surface area (Å²) in [6.07, 6.45) is 1.30. The normalized spacial score (nSPS) is 11.5.